The van der Waals surface area contributed by atoms with Crippen molar-refractivity contribution in [3.63, 3.8) is 0 Å². The minimum absolute atomic E-state index is 0.0167. The van der Waals surface area contributed by atoms with E-state index in [-0.39, 0.29) is 6.10 Å². The van der Waals surface area contributed by atoms with E-state index >= 15 is 0 Å². The van der Waals surface area contributed by atoms with Gasteiger partial charge in [0.25, 0.3) is 0 Å². The lowest BCUT2D eigenvalue weighted by molar-refractivity contribution is 0.102. The second kappa shape index (κ2) is 5.68. The maximum Gasteiger partial charge on any atom is 0.216 e. The highest BCUT2D eigenvalue weighted by Crippen LogP contribution is 2.26. The van der Waals surface area contributed by atoms with E-state index in [1.54, 1.807) is 10.9 Å². The van der Waals surface area contributed by atoms with Crippen molar-refractivity contribution in [3.05, 3.63) is 46.0 Å². The van der Waals surface area contributed by atoms with E-state index in [1.807, 2.05) is 18.2 Å². The smallest absolute Gasteiger partial charge is 0.216 e. The summed E-state index contributed by atoms with van der Waals surface area (Å²) in [4.78, 5) is 0. The fourth-order valence-electron chi connectivity index (χ4n) is 2.26. The van der Waals surface area contributed by atoms with Gasteiger partial charge in [-0.25, -0.2) is 0 Å². The quantitative estimate of drug-likeness (QED) is 0.698. The first-order valence-electron chi connectivity index (χ1n) is 6.64. The fraction of sp³-hybridized carbons (Fsp3) is 0.357. The van der Waals surface area contributed by atoms with Gasteiger partial charge in [-0.05, 0) is 43.1 Å². The summed E-state index contributed by atoms with van der Waals surface area (Å²) < 4.78 is 7.78. The van der Waals surface area contributed by atoms with Gasteiger partial charge < -0.3 is 4.74 Å². The van der Waals surface area contributed by atoms with Crippen molar-refractivity contribution < 1.29 is 4.74 Å². The molecular formula is C14H16N4OS. The molecule has 2 heterocycles. The molecular weight excluding hydrogens is 272 g/mol. The predicted molar refractivity (Wildman–Crippen MR) is 79.5 cm³/mol. The normalized spacial score (nSPS) is 18.9. The maximum atomic E-state index is 5.65. The predicted octanol–water partition coefficient (Wildman–Crippen LogP) is 2.98. The first-order valence-corrected chi connectivity index (χ1v) is 7.05. The Morgan fingerprint density at radius 3 is 3.10 bits per heavy atom. The summed E-state index contributed by atoms with van der Waals surface area (Å²) in [5, 5.41) is 11.5. The van der Waals surface area contributed by atoms with Crippen molar-refractivity contribution in [1.29, 1.82) is 0 Å². The number of ether oxygens (including phenoxy) is 1. The molecule has 0 amide bonds. The Morgan fingerprint density at radius 1 is 1.50 bits per heavy atom. The van der Waals surface area contributed by atoms with Gasteiger partial charge in [-0.1, -0.05) is 24.3 Å². The van der Waals surface area contributed by atoms with Crippen LogP contribution in [0.2, 0.25) is 0 Å². The topological polar surface area (TPSA) is 55.2 Å². The third-order valence-corrected chi connectivity index (χ3v) is 3.66. The molecule has 1 atom stereocenters. The molecule has 0 saturated carbocycles. The van der Waals surface area contributed by atoms with Crippen LogP contribution in [-0.4, -0.2) is 27.7 Å². The van der Waals surface area contributed by atoms with E-state index < -0.39 is 0 Å². The molecule has 3 rings (SSSR count). The Hall–Kier alpha value is -1.79. The van der Waals surface area contributed by atoms with Crippen LogP contribution in [0.1, 0.15) is 35.9 Å². The van der Waals surface area contributed by atoms with Crippen LogP contribution in [0.4, 0.5) is 0 Å². The number of aryl methyl sites for hydroxylation is 1. The van der Waals surface area contributed by atoms with Crippen molar-refractivity contribution >= 4 is 18.4 Å². The maximum absolute atomic E-state index is 5.65. The molecule has 20 heavy (non-hydrogen) atoms. The van der Waals surface area contributed by atoms with Gasteiger partial charge in [0.1, 0.15) is 6.10 Å². The van der Waals surface area contributed by atoms with Crippen molar-refractivity contribution in [2.24, 2.45) is 5.10 Å². The summed E-state index contributed by atoms with van der Waals surface area (Å²) in [5.74, 6) is 0.748. The molecule has 1 fully saturated rings. The molecule has 1 N–H and O–H groups in total. The summed E-state index contributed by atoms with van der Waals surface area (Å²) in [5.41, 5.74) is 2.24. The molecule has 0 aliphatic carbocycles. The highest BCUT2D eigenvalue weighted by molar-refractivity contribution is 7.71. The van der Waals surface area contributed by atoms with Gasteiger partial charge in [-0.15, -0.1) is 0 Å². The van der Waals surface area contributed by atoms with E-state index in [2.05, 4.69) is 28.3 Å². The van der Waals surface area contributed by atoms with Crippen LogP contribution < -0.4 is 0 Å². The van der Waals surface area contributed by atoms with Crippen LogP contribution in [-0.2, 0) is 4.74 Å². The van der Waals surface area contributed by atoms with E-state index in [1.165, 1.54) is 5.56 Å². The Labute approximate surface area is 122 Å². The van der Waals surface area contributed by atoms with Gasteiger partial charge in [0.2, 0.25) is 4.77 Å². The highest BCUT2D eigenvalue weighted by Gasteiger charge is 2.23. The molecule has 5 nitrogen and oxygen atoms in total. The van der Waals surface area contributed by atoms with Crippen LogP contribution in [0, 0.1) is 11.7 Å². The van der Waals surface area contributed by atoms with E-state index in [9.17, 15) is 0 Å². The minimum atomic E-state index is -0.0167. The van der Waals surface area contributed by atoms with Gasteiger partial charge in [0.05, 0.1) is 6.21 Å². The summed E-state index contributed by atoms with van der Waals surface area (Å²) in [6.07, 6.45) is 3.79. The Kier molecular flexibility index (Phi) is 3.75. The standard InChI is InChI=1S/C14H16N4OS/c1-10-5-2-3-6-11(10)9-15-18-13(16-17-14(18)20)12-7-4-8-19-12/h2-3,5-6,9,12H,4,7-8H2,1H3,(H,17,20)/b15-9-/t12-/m1/s1. The third-order valence-electron chi connectivity index (χ3n) is 3.39. The summed E-state index contributed by atoms with van der Waals surface area (Å²) in [6.45, 7) is 2.82. The molecule has 6 heteroatoms. The van der Waals surface area contributed by atoms with Gasteiger partial charge in [-0.3, -0.25) is 5.10 Å². The van der Waals surface area contributed by atoms with Gasteiger partial charge in [-0.2, -0.15) is 14.9 Å². The molecule has 1 aliphatic rings. The number of hydrogen-bond acceptors (Lipinski definition) is 4. The molecule has 0 unspecified atom stereocenters. The van der Waals surface area contributed by atoms with Crippen LogP contribution in [0.5, 0.6) is 0 Å². The Morgan fingerprint density at radius 2 is 2.35 bits per heavy atom. The molecule has 2 aromatic rings. The summed E-state index contributed by atoms with van der Waals surface area (Å²) >= 11 is 5.23. The molecule has 0 spiro atoms. The Balaban J connectivity index is 1.93. The van der Waals surface area contributed by atoms with Crippen molar-refractivity contribution in [2.45, 2.75) is 25.9 Å². The fourth-order valence-corrected chi connectivity index (χ4v) is 2.44. The van der Waals surface area contributed by atoms with E-state index in [4.69, 9.17) is 17.0 Å². The Bertz CT molecular complexity index is 682. The lowest BCUT2D eigenvalue weighted by Gasteiger charge is -2.07. The van der Waals surface area contributed by atoms with E-state index in [0.717, 1.165) is 30.8 Å². The number of nitrogens with zero attached hydrogens (tertiary/aromatic N) is 3. The largest absolute Gasteiger partial charge is 0.370 e. The van der Waals surface area contributed by atoms with Crippen molar-refractivity contribution in [1.82, 2.24) is 14.9 Å². The number of aromatic nitrogens is 3. The first-order chi connectivity index (χ1) is 9.75. The number of aromatic amines is 1. The van der Waals surface area contributed by atoms with Crippen LogP contribution in [0.15, 0.2) is 29.4 Å². The van der Waals surface area contributed by atoms with E-state index in [0.29, 0.717) is 4.77 Å². The number of hydrogen-bond donors (Lipinski definition) is 1. The lowest BCUT2D eigenvalue weighted by Crippen LogP contribution is -2.05. The average Bonchev–Trinajstić information content (AvgIpc) is 3.08. The van der Waals surface area contributed by atoms with Crippen LogP contribution in [0.25, 0.3) is 0 Å². The number of nitrogens with one attached hydrogen (secondary N) is 1. The number of H-pyrrole nitrogens is 1. The second-order valence-corrected chi connectivity index (χ2v) is 5.19. The zero-order chi connectivity index (χ0) is 13.9. The number of rotatable bonds is 3. The molecule has 1 saturated heterocycles. The zero-order valence-electron chi connectivity index (χ0n) is 11.2. The van der Waals surface area contributed by atoms with Gasteiger partial charge in [0, 0.05) is 6.61 Å². The monoisotopic (exact) mass is 288 g/mol. The molecule has 1 aromatic carbocycles. The van der Waals surface area contributed by atoms with Gasteiger partial charge >= 0.3 is 0 Å². The van der Waals surface area contributed by atoms with Crippen molar-refractivity contribution in [3.8, 4) is 0 Å². The highest BCUT2D eigenvalue weighted by atomic mass is 32.1. The molecule has 104 valence electrons. The lowest BCUT2D eigenvalue weighted by atomic mass is 10.1. The molecule has 1 aliphatic heterocycles. The summed E-state index contributed by atoms with van der Waals surface area (Å²) in [7, 11) is 0. The summed E-state index contributed by atoms with van der Waals surface area (Å²) in [6, 6.07) is 8.07. The SMILES string of the molecule is Cc1ccccc1/C=N\n1c([C@H]2CCCO2)n[nH]c1=S. The number of benzene rings is 1. The molecule has 0 radical (unpaired) electrons. The van der Waals surface area contributed by atoms with Crippen LogP contribution >= 0.6 is 12.2 Å². The third kappa shape index (κ3) is 2.57. The molecule has 1 aromatic heterocycles. The minimum Gasteiger partial charge on any atom is -0.370 e. The zero-order valence-corrected chi connectivity index (χ0v) is 12.1. The van der Waals surface area contributed by atoms with Crippen molar-refractivity contribution in [2.75, 3.05) is 6.61 Å². The second-order valence-electron chi connectivity index (χ2n) is 4.80. The van der Waals surface area contributed by atoms with Gasteiger partial charge in [0.15, 0.2) is 5.82 Å². The molecule has 0 bridgehead atoms. The average molecular weight is 288 g/mol. The first kappa shape index (κ1) is 13.2. The van der Waals surface area contributed by atoms with Crippen LogP contribution in [0.3, 0.4) is 0 Å².